The standard InChI is InChI=1S/C19H25F10NO7S/c1-4-9-30(10-5-2)14(32)16(18(25,26)27,37-13(31)12(3)17(22,23)24)36-11-7-6-8-15(20,21)19(28,29)38(33,34)35/h3-11H2,1-2H3,(H,33,34,35). The zero-order chi connectivity index (χ0) is 30.4. The van der Waals surface area contributed by atoms with Crippen LogP contribution < -0.4 is 0 Å². The van der Waals surface area contributed by atoms with Gasteiger partial charge < -0.3 is 14.4 Å². The van der Waals surface area contributed by atoms with Crippen LogP contribution in [0.2, 0.25) is 0 Å². The molecule has 0 aromatic carbocycles. The van der Waals surface area contributed by atoms with E-state index < -0.39 is 95.8 Å². The number of hydrogen-bond acceptors (Lipinski definition) is 6. The van der Waals surface area contributed by atoms with E-state index in [0.717, 1.165) is 0 Å². The zero-order valence-corrected chi connectivity index (χ0v) is 20.7. The Labute approximate surface area is 210 Å². The maximum Gasteiger partial charge on any atom is 0.466 e. The molecule has 0 aliphatic rings. The maximum atomic E-state index is 14.1. The Kier molecular flexibility index (Phi) is 12.1. The number of hydrogen-bond donors (Lipinski definition) is 1. The van der Waals surface area contributed by atoms with E-state index >= 15 is 0 Å². The van der Waals surface area contributed by atoms with Gasteiger partial charge in [0.05, 0.1) is 6.61 Å². The van der Waals surface area contributed by atoms with E-state index in [4.69, 9.17) is 4.55 Å². The molecule has 1 N–H and O–H groups in total. The molecule has 19 heteroatoms. The Morgan fingerprint density at radius 3 is 1.74 bits per heavy atom. The van der Waals surface area contributed by atoms with Gasteiger partial charge in [-0.2, -0.15) is 52.3 Å². The molecule has 1 unspecified atom stereocenters. The van der Waals surface area contributed by atoms with E-state index in [1.54, 1.807) is 0 Å². The van der Waals surface area contributed by atoms with E-state index in [2.05, 4.69) is 16.1 Å². The molecule has 0 aromatic rings. The fraction of sp³-hybridized carbons (Fsp3) is 0.789. The van der Waals surface area contributed by atoms with E-state index in [1.807, 2.05) is 0 Å². The molecule has 0 saturated heterocycles. The molecular formula is C19H25F10NO7S. The van der Waals surface area contributed by atoms with Crippen LogP contribution in [0.15, 0.2) is 12.2 Å². The third-order valence-corrected chi connectivity index (χ3v) is 5.64. The van der Waals surface area contributed by atoms with Crippen LogP contribution in [0, 0.1) is 0 Å². The number of ether oxygens (including phenoxy) is 2. The van der Waals surface area contributed by atoms with Gasteiger partial charge in [-0.15, -0.1) is 0 Å². The largest absolute Gasteiger partial charge is 0.466 e. The zero-order valence-electron chi connectivity index (χ0n) is 19.9. The topological polar surface area (TPSA) is 110 Å². The quantitative estimate of drug-likeness (QED) is 0.0713. The molecule has 0 fully saturated rings. The van der Waals surface area contributed by atoms with Gasteiger partial charge >= 0.3 is 51.3 Å². The molecule has 0 bridgehead atoms. The molecular weight excluding hydrogens is 576 g/mol. The number of carbonyl (C=O) groups is 2. The lowest BCUT2D eigenvalue weighted by molar-refractivity contribution is -0.351. The van der Waals surface area contributed by atoms with Crippen molar-refractivity contribution in [1.82, 2.24) is 4.90 Å². The number of alkyl halides is 10. The Balaban J connectivity index is 6.12. The highest BCUT2D eigenvalue weighted by Crippen LogP contribution is 2.42. The number of nitrogens with zero attached hydrogens (tertiary/aromatic N) is 1. The predicted octanol–water partition coefficient (Wildman–Crippen LogP) is 4.86. The second-order valence-electron chi connectivity index (χ2n) is 7.77. The Hall–Kier alpha value is -2.15. The van der Waals surface area contributed by atoms with Gasteiger partial charge in [-0.3, -0.25) is 9.35 Å². The molecule has 38 heavy (non-hydrogen) atoms. The summed E-state index contributed by atoms with van der Waals surface area (Å²) >= 11 is 0. The van der Waals surface area contributed by atoms with E-state index in [1.165, 1.54) is 13.8 Å². The van der Waals surface area contributed by atoms with E-state index in [0.29, 0.717) is 4.90 Å². The summed E-state index contributed by atoms with van der Waals surface area (Å²) in [5.74, 6) is -15.0. The first kappa shape index (κ1) is 35.9. The Morgan fingerprint density at radius 1 is 0.895 bits per heavy atom. The smallest absolute Gasteiger partial charge is 0.412 e. The molecule has 1 amide bonds. The Morgan fingerprint density at radius 2 is 1.37 bits per heavy atom. The highest BCUT2D eigenvalue weighted by Gasteiger charge is 2.68. The predicted molar refractivity (Wildman–Crippen MR) is 108 cm³/mol. The molecule has 224 valence electrons. The summed E-state index contributed by atoms with van der Waals surface area (Å²) in [6, 6.07) is 0. The molecule has 1 atom stereocenters. The van der Waals surface area contributed by atoms with Crippen LogP contribution in [0.25, 0.3) is 0 Å². The SMILES string of the molecule is C=C(C(=O)OC(OCCCCC(F)(F)C(F)(F)S(=O)(=O)O)(C(=O)N(CCC)CCC)C(F)(F)F)C(F)(F)F. The van der Waals surface area contributed by atoms with Crippen molar-refractivity contribution in [3.8, 4) is 0 Å². The minimum Gasteiger partial charge on any atom is -0.412 e. The number of rotatable bonds is 15. The van der Waals surface area contributed by atoms with Gasteiger partial charge in [-0.25, -0.2) is 4.79 Å². The average Bonchev–Trinajstić information content (AvgIpc) is 2.74. The van der Waals surface area contributed by atoms with E-state index in [-0.39, 0.29) is 12.8 Å². The second kappa shape index (κ2) is 12.8. The van der Waals surface area contributed by atoms with Crippen molar-refractivity contribution in [3.05, 3.63) is 12.2 Å². The molecule has 0 aromatic heterocycles. The first-order valence-corrected chi connectivity index (χ1v) is 12.1. The van der Waals surface area contributed by atoms with Crippen molar-refractivity contribution < 1.29 is 75.9 Å². The molecule has 0 spiro atoms. The lowest BCUT2D eigenvalue weighted by Gasteiger charge is -2.37. The van der Waals surface area contributed by atoms with Crippen LogP contribution in [0.4, 0.5) is 43.9 Å². The van der Waals surface area contributed by atoms with Crippen LogP contribution in [-0.2, 0) is 29.2 Å². The molecule has 0 aliphatic heterocycles. The van der Waals surface area contributed by atoms with Gasteiger partial charge in [-0.05, 0) is 25.7 Å². The monoisotopic (exact) mass is 601 g/mol. The van der Waals surface area contributed by atoms with Crippen LogP contribution in [0.1, 0.15) is 46.0 Å². The number of amides is 1. The summed E-state index contributed by atoms with van der Waals surface area (Å²) in [6.07, 6.45) is -15.8. The summed E-state index contributed by atoms with van der Waals surface area (Å²) in [5, 5.41) is -5.96. The van der Waals surface area contributed by atoms with Crippen LogP contribution in [0.5, 0.6) is 0 Å². The minimum absolute atomic E-state index is 0.0416. The van der Waals surface area contributed by atoms with Crippen LogP contribution >= 0.6 is 0 Å². The molecule has 0 saturated carbocycles. The van der Waals surface area contributed by atoms with Gasteiger partial charge in [0.1, 0.15) is 5.57 Å². The minimum atomic E-state index is -6.58. The Bertz CT molecular complexity index is 945. The van der Waals surface area contributed by atoms with Crippen molar-refractivity contribution >= 4 is 22.0 Å². The third-order valence-electron chi connectivity index (χ3n) is 4.69. The number of carbonyl (C=O) groups excluding carboxylic acids is 2. The molecule has 0 aliphatic carbocycles. The normalized spacial score (nSPS) is 15.1. The lowest BCUT2D eigenvalue weighted by Crippen LogP contribution is -2.62. The van der Waals surface area contributed by atoms with Crippen molar-refractivity contribution in [2.24, 2.45) is 0 Å². The average molecular weight is 601 g/mol. The summed E-state index contributed by atoms with van der Waals surface area (Å²) in [7, 11) is -6.58. The van der Waals surface area contributed by atoms with Gasteiger partial charge in [-0.1, -0.05) is 20.4 Å². The highest BCUT2D eigenvalue weighted by molar-refractivity contribution is 7.87. The van der Waals surface area contributed by atoms with E-state index in [9.17, 15) is 61.9 Å². The van der Waals surface area contributed by atoms with Gasteiger partial charge in [0, 0.05) is 19.5 Å². The highest BCUT2D eigenvalue weighted by atomic mass is 32.2. The molecule has 0 radical (unpaired) electrons. The van der Waals surface area contributed by atoms with Gasteiger partial charge in [0.2, 0.25) is 0 Å². The van der Waals surface area contributed by atoms with Crippen LogP contribution in [0.3, 0.4) is 0 Å². The van der Waals surface area contributed by atoms with Crippen molar-refractivity contribution in [2.75, 3.05) is 19.7 Å². The fourth-order valence-electron chi connectivity index (χ4n) is 2.77. The summed E-state index contributed by atoms with van der Waals surface area (Å²) in [4.78, 5) is 25.2. The molecule has 0 rings (SSSR count). The fourth-order valence-corrected chi connectivity index (χ4v) is 3.25. The number of halogens is 10. The van der Waals surface area contributed by atoms with Gasteiger partial charge in [0.15, 0.2) is 0 Å². The van der Waals surface area contributed by atoms with Crippen molar-refractivity contribution in [1.29, 1.82) is 0 Å². The van der Waals surface area contributed by atoms with Gasteiger partial charge in [0.25, 0.3) is 0 Å². The van der Waals surface area contributed by atoms with Crippen LogP contribution in [-0.4, -0.2) is 78.8 Å². The summed E-state index contributed by atoms with van der Waals surface area (Å²) in [5.41, 5.74) is -2.44. The molecule has 0 heterocycles. The van der Waals surface area contributed by atoms with Crippen molar-refractivity contribution in [3.63, 3.8) is 0 Å². The third kappa shape index (κ3) is 8.42. The van der Waals surface area contributed by atoms with Crippen molar-refractivity contribution in [2.45, 2.75) is 75.3 Å². The summed E-state index contributed by atoms with van der Waals surface area (Å²) < 4.78 is 172. The maximum absolute atomic E-state index is 14.1. The first-order chi connectivity index (χ1) is 16.9. The second-order valence-corrected chi connectivity index (χ2v) is 9.24. The first-order valence-electron chi connectivity index (χ1n) is 10.6. The molecule has 8 nitrogen and oxygen atoms in total. The number of unbranched alkanes of at least 4 members (excludes halogenated alkanes) is 1. The number of esters is 1. The summed E-state index contributed by atoms with van der Waals surface area (Å²) in [6.45, 7) is 2.86. The lowest BCUT2D eigenvalue weighted by atomic mass is 10.1.